The van der Waals surface area contributed by atoms with Crippen molar-refractivity contribution < 1.29 is 14.3 Å². The van der Waals surface area contributed by atoms with Gasteiger partial charge in [-0.1, -0.05) is 42.5 Å². The Kier molecular flexibility index (Phi) is 6.19. The van der Waals surface area contributed by atoms with Gasteiger partial charge in [0.05, 0.1) is 30.5 Å². The van der Waals surface area contributed by atoms with Gasteiger partial charge in [-0.25, -0.2) is 9.79 Å². The smallest absolute Gasteiger partial charge is 0.338 e. The molecule has 2 aromatic rings. The molecule has 0 aliphatic carbocycles. The lowest BCUT2D eigenvalue weighted by Gasteiger charge is -2.35. The normalized spacial score (nSPS) is 17.6. The van der Waals surface area contributed by atoms with E-state index in [9.17, 15) is 10.1 Å². The van der Waals surface area contributed by atoms with Gasteiger partial charge in [0.2, 0.25) is 0 Å². The molecule has 1 atom stereocenters. The first-order valence-corrected chi connectivity index (χ1v) is 11.1. The highest BCUT2D eigenvalue weighted by molar-refractivity contribution is 8.17. The quantitative estimate of drug-likeness (QED) is 0.665. The molecule has 0 saturated heterocycles. The maximum atomic E-state index is 13.3. The van der Waals surface area contributed by atoms with Crippen molar-refractivity contribution >= 4 is 28.6 Å². The number of nitriles is 1. The molecule has 32 heavy (non-hydrogen) atoms. The SMILES string of the molecule is CCOC(=O)C1=C(c2ccccc2)N=C2SC(C#N)=C(N)N2[C@@H]1c1ccc(OCC)cc1. The van der Waals surface area contributed by atoms with E-state index in [1.54, 1.807) is 11.8 Å². The van der Waals surface area contributed by atoms with Crippen molar-refractivity contribution in [2.24, 2.45) is 10.7 Å². The van der Waals surface area contributed by atoms with Gasteiger partial charge in [-0.05, 0) is 43.3 Å². The molecular weight excluding hydrogens is 424 g/mol. The Labute approximate surface area is 190 Å². The fourth-order valence-electron chi connectivity index (χ4n) is 3.69. The highest BCUT2D eigenvalue weighted by Crippen LogP contribution is 2.47. The molecule has 0 fully saturated rings. The van der Waals surface area contributed by atoms with Crippen LogP contribution in [0.5, 0.6) is 5.75 Å². The Morgan fingerprint density at radius 2 is 1.88 bits per heavy atom. The lowest BCUT2D eigenvalue weighted by atomic mass is 9.92. The fraction of sp³-hybridized carbons (Fsp3) is 0.208. The second-order valence-corrected chi connectivity index (χ2v) is 7.92. The third-order valence-corrected chi connectivity index (χ3v) is 6.01. The van der Waals surface area contributed by atoms with Gasteiger partial charge in [0.25, 0.3) is 0 Å². The van der Waals surface area contributed by atoms with Gasteiger partial charge in [0, 0.05) is 5.56 Å². The van der Waals surface area contributed by atoms with Crippen molar-refractivity contribution in [1.82, 2.24) is 4.90 Å². The first-order chi connectivity index (χ1) is 15.6. The predicted molar refractivity (Wildman–Crippen MR) is 124 cm³/mol. The molecule has 4 rings (SSSR count). The lowest BCUT2D eigenvalue weighted by molar-refractivity contribution is -0.139. The van der Waals surface area contributed by atoms with Crippen LogP contribution in [-0.2, 0) is 9.53 Å². The number of hydrogen-bond acceptors (Lipinski definition) is 8. The zero-order valence-electron chi connectivity index (χ0n) is 17.7. The minimum absolute atomic E-state index is 0.223. The van der Waals surface area contributed by atoms with Crippen LogP contribution < -0.4 is 10.5 Å². The molecule has 0 spiro atoms. The summed E-state index contributed by atoms with van der Waals surface area (Å²) in [5, 5.41) is 10.1. The number of aliphatic imine (C=N–C) groups is 1. The zero-order valence-corrected chi connectivity index (χ0v) is 18.6. The summed E-state index contributed by atoms with van der Waals surface area (Å²) in [5.41, 5.74) is 8.82. The van der Waals surface area contributed by atoms with Crippen molar-refractivity contribution in [1.29, 1.82) is 5.26 Å². The third kappa shape index (κ3) is 3.83. The number of hydrogen-bond donors (Lipinski definition) is 1. The third-order valence-electron chi connectivity index (χ3n) is 5.04. The number of amidine groups is 1. The van der Waals surface area contributed by atoms with E-state index in [0.717, 1.165) is 16.9 Å². The van der Waals surface area contributed by atoms with E-state index in [1.165, 1.54) is 11.8 Å². The van der Waals surface area contributed by atoms with E-state index < -0.39 is 12.0 Å². The van der Waals surface area contributed by atoms with E-state index in [2.05, 4.69) is 6.07 Å². The monoisotopic (exact) mass is 446 g/mol. The summed E-state index contributed by atoms with van der Waals surface area (Å²) in [6, 6.07) is 18.5. The molecule has 0 aromatic heterocycles. The summed E-state index contributed by atoms with van der Waals surface area (Å²) >= 11 is 1.20. The van der Waals surface area contributed by atoms with Crippen LogP contribution >= 0.6 is 11.8 Å². The average Bonchev–Trinajstić information content (AvgIpc) is 3.14. The Balaban J connectivity index is 1.95. The predicted octanol–water partition coefficient (Wildman–Crippen LogP) is 4.17. The van der Waals surface area contributed by atoms with Gasteiger partial charge in [-0.3, -0.25) is 4.90 Å². The Morgan fingerprint density at radius 3 is 2.50 bits per heavy atom. The van der Waals surface area contributed by atoms with Gasteiger partial charge >= 0.3 is 5.97 Å². The van der Waals surface area contributed by atoms with Crippen molar-refractivity contribution in [2.75, 3.05) is 13.2 Å². The Hall–Kier alpha value is -3.70. The molecule has 162 valence electrons. The number of ether oxygens (including phenoxy) is 2. The molecule has 0 amide bonds. The molecule has 0 saturated carbocycles. The fourth-order valence-corrected chi connectivity index (χ4v) is 4.56. The number of thioether (sulfide) groups is 1. The molecule has 0 radical (unpaired) electrons. The van der Waals surface area contributed by atoms with E-state index in [-0.39, 0.29) is 12.4 Å². The molecule has 0 unspecified atom stereocenters. The van der Waals surface area contributed by atoms with Gasteiger partial charge in [0.1, 0.15) is 22.5 Å². The van der Waals surface area contributed by atoms with Gasteiger partial charge in [-0.15, -0.1) is 0 Å². The highest BCUT2D eigenvalue weighted by Gasteiger charge is 2.43. The highest BCUT2D eigenvalue weighted by atomic mass is 32.2. The molecule has 2 aromatic carbocycles. The summed E-state index contributed by atoms with van der Waals surface area (Å²) in [7, 11) is 0. The number of nitrogens with two attached hydrogens (primary N) is 1. The van der Waals surface area contributed by atoms with Crippen LogP contribution in [0.2, 0.25) is 0 Å². The maximum absolute atomic E-state index is 13.3. The van der Waals surface area contributed by atoms with Crippen molar-refractivity contribution in [3.63, 3.8) is 0 Å². The number of nitrogens with zero attached hydrogens (tertiary/aromatic N) is 3. The number of allylic oxidation sites excluding steroid dienone is 1. The first kappa shape index (κ1) is 21.5. The first-order valence-electron chi connectivity index (χ1n) is 10.2. The van der Waals surface area contributed by atoms with Crippen LogP contribution in [0, 0.1) is 11.3 Å². The average molecular weight is 447 g/mol. The number of esters is 1. The minimum atomic E-state index is -0.606. The van der Waals surface area contributed by atoms with E-state index >= 15 is 0 Å². The summed E-state index contributed by atoms with van der Waals surface area (Å²) in [4.78, 5) is 20.1. The number of benzene rings is 2. The van der Waals surface area contributed by atoms with Crippen LogP contribution in [0.1, 0.15) is 31.0 Å². The summed E-state index contributed by atoms with van der Waals surface area (Å²) in [6.07, 6.45) is 0. The second kappa shape index (κ2) is 9.20. The van der Waals surface area contributed by atoms with E-state index in [1.807, 2.05) is 61.5 Å². The molecule has 2 aliphatic heterocycles. The Bertz CT molecular complexity index is 1160. The molecule has 2 N–H and O–H groups in total. The number of rotatable bonds is 6. The van der Waals surface area contributed by atoms with Crippen molar-refractivity contribution in [2.45, 2.75) is 19.9 Å². The van der Waals surface area contributed by atoms with Gasteiger partial charge in [0.15, 0.2) is 5.17 Å². The topological polar surface area (TPSA) is 101 Å². The Morgan fingerprint density at radius 1 is 1.16 bits per heavy atom. The zero-order chi connectivity index (χ0) is 22.7. The van der Waals surface area contributed by atoms with E-state index in [4.69, 9.17) is 20.2 Å². The van der Waals surface area contributed by atoms with Gasteiger partial charge < -0.3 is 15.2 Å². The molecule has 2 heterocycles. The molecule has 2 aliphatic rings. The van der Waals surface area contributed by atoms with Crippen LogP contribution in [0.4, 0.5) is 0 Å². The van der Waals surface area contributed by atoms with Crippen molar-refractivity contribution in [3.05, 3.63) is 82.0 Å². The number of fused-ring (bicyclic) bond motifs is 1. The van der Waals surface area contributed by atoms with Gasteiger partial charge in [-0.2, -0.15) is 5.26 Å². The maximum Gasteiger partial charge on any atom is 0.338 e. The summed E-state index contributed by atoms with van der Waals surface area (Å²) < 4.78 is 11.0. The van der Waals surface area contributed by atoms with E-state index in [0.29, 0.717) is 27.9 Å². The largest absolute Gasteiger partial charge is 0.494 e. The summed E-state index contributed by atoms with van der Waals surface area (Å²) in [5.74, 6) is 0.517. The summed E-state index contributed by atoms with van der Waals surface area (Å²) in [6.45, 7) is 4.45. The molecule has 0 bridgehead atoms. The second-order valence-electron chi connectivity index (χ2n) is 6.95. The van der Waals surface area contributed by atoms with Crippen LogP contribution in [0.25, 0.3) is 5.70 Å². The van der Waals surface area contributed by atoms with Crippen molar-refractivity contribution in [3.8, 4) is 11.8 Å². The van der Waals surface area contributed by atoms with Crippen LogP contribution in [0.15, 0.2) is 75.9 Å². The number of carbonyl (C=O) groups is 1. The standard InChI is InChI=1S/C24H22N4O3S/c1-3-30-17-12-10-16(11-13-17)21-19(23(29)31-4-2)20(15-8-6-5-7-9-15)27-24-28(21)22(26)18(14-25)32-24/h5-13,21H,3-4,26H2,1-2H3/t21-/m1/s1. The molecule has 8 heteroatoms. The van der Waals surface area contributed by atoms with Crippen LogP contribution in [-0.4, -0.2) is 29.3 Å². The molecule has 7 nitrogen and oxygen atoms in total. The minimum Gasteiger partial charge on any atom is -0.494 e. The molecular formula is C24H22N4O3S. The van der Waals surface area contributed by atoms with Crippen LogP contribution in [0.3, 0.4) is 0 Å². The lowest BCUT2D eigenvalue weighted by Crippen LogP contribution is -2.38. The number of carbonyl (C=O) groups excluding carboxylic acids is 1.